The normalized spacial score (nSPS) is 16.2. The molecule has 2 amide bonds. The Balaban J connectivity index is 1.63. The first kappa shape index (κ1) is 21.4. The van der Waals surface area contributed by atoms with E-state index in [0.717, 1.165) is 51.1 Å². The third-order valence-electron chi connectivity index (χ3n) is 6.22. The minimum absolute atomic E-state index is 0.00831. The van der Waals surface area contributed by atoms with Crippen LogP contribution in [0.4, 0.5) is 11.4 Å². The molecule has 164 valence electrons. The summed E-state index contributed by atoms with van der Waals surface area (Å²) in [7, 11) is 0. The van der Waals surface area contributed by atoms with Gasteiger partial charge in [-0.3, -0.25) is 9.59 Å². The molecule has 5 heteroatoms. The molecule has 1 saturated heterocycles. The number of nitrogens with zero attached hydrogens (tertiary/aromatic N) is 2. The number of anilines is 2. The average molecular weight is 420 g/mol. The fourth-order valence-corrected chi connectivity index (χ4v) is 4.61. The van der Waals surface area contributed by atoms with E-state index in [1.807, 2.05) is 36.9 Å². The van der Waals surface area contributed by atoms with Crippen molar-refractivity contribution in [3.63, 3.8) is 0 Å². The topological polar surface area (TPSA) is 52.7 Å². The van der Waals surface area contributed by atoms with Crippen molar-refractivity contribution in [1.29, 1.82) is 0 Å². The molecular weight excluding hydrogens is 386 g/mol. The van der Waals surface area contributed by atoms with Gasteiger partial charge in [-0.15, -0.1) is 0 Å². The summed E-state index contributed by atoms with van der Waals surface area (Å²) in [4.78, 5) is 30.1. The highest BCUT2D eigenvalue weighted by Crippen LogP contribution is 2.31. The second-order valence-electron chi connectivity index (χ2n) is 9.17. The summed E-state index contributed by atoms with van der Waals surface area (Å²) < 4.78 is 0. The van der Waals surface area contributed by atoms with E-state index >= 15 is 0 Å². The summed E-state index contributed by atoms with van der Waals surface area (Å²) in [5, 5.41) is 2.99. The second-order valence-corrected chi connectivity index (χ2v) is 9.17. The van der Waals surface area contributed by atoms with Crippen molar-refractivity contribution in [3.05, 3.63) is 59.2 Å². The van der Waals surface area contributed by atoms with Gasteiger partial charge in [0, 0.05) is 44.0 Å². The number of benzene rings is 2. The number of likely N-dealkylation sites (tertiary alicyclic amines) is 1. The third kappa shape index (κ3) is 5.09. The van der Waals surface area contributed by atoms with Crippen molar-refractivity contribution >= 4 is 23.2 Å². The van der Waals surface area contributed by atoms with E-state index in [4.69, 9.17) is 0 Å². The van der Waals surface area contributed by atoms with Crippen molar-refractivity contribution in [2.75, 3.05) is 29.9 Å². The van der Waals surface area contributed by atoms with Gasteiger partial charge in [0.1, 0.15) is 0 Å². The highest BCUT2D eigenvalue weighted by molar-refractivity contribution is 6.02. The summed E-state index contributed by atoms with van der Waals surface area (Å²) in [6.07, 6.45) is 4.75. The average Bonchev–Trinajstić information content (AvgIpc) is 2.78. The van der Waals surface area contributed by atoms with E-state index in [9.17, 15) is 9.59 Å². The molecular formula is C26H33N3O2. The van der Waals surface area contributed by atoms with Crippen LogP contribution in [0.2, 0.25) is 0 Å². The predicted octanol–water partition coefficient (Wildman–Crippen LogP) is 4.86. The second kappa shape index (κ2) is 9.54. The van der Waals surface area contributed by atoms with Crippen LogP contribution in [0.1, 0.15) is 61.0 Å². The fourth-order valence-electron chi connectivity index (χ4n) is 4.61. The number of hydrogen-bond donors (Lipinski definition) is 1. The molecule has 0 aromatic heterocycles. The van der Waals surface area contributed by atoms with Gasteiger partial charge in [-0.1, -0.05) is 38.1 Å². The van der Waals surface area contributed by atoms with Crippen molar-refractivity contribution in [2.24, 2.45) is 5.92 Å². The van der Waals surface area contributed by atoms with E-state index < -0.39 is 0 Å². The van der Waals surface area contributed by atoms with Gasteiger partial charge in [0.05, 0.1) is 5.56 Å². The van der Waals surface area contributed by atoms with Crippen LogP contribution < -0.4 is 10.2 Å². The Morgan fingerprint density at radius 3 is 2.45 bits per heavy atom. The molecule has 2 heterocycles. The van der Waals surface area contributed by atoms with E-state index in [2.05, 4.69) is 34.5 Å². The van der Waals surface area contributed by atoms with Crippen molar-refractivity contribution in [3.8, 4) is 0 Å². The summed E-state index contributed by atoms with van der Waals surface area (Å²) in [6, 6.07) is 14.4. The summed E-state index contributed by atoms with van der Waals surface area (Å²) >= 11 is 0. The summed E-state index contributed by atoms with van der Waals surface area (Å²) in [6.45, 7) is 7.37. The molecule has 1 fully saturated rings. The lowest BCUT2D eigenvalue weighted by molar-refractivity contribution is -0.116. The molecule has 0 atom stereocenters. The van der Waals surface area contributed by atoms with Crippen LogP contribution in [0.25, 0.3) is 0 Å². The van der Waals surface area contributed by atoms with E-state index in [0.29, 0.717) is 23.6 Å². The molecule has 1 N–H and O–H groups in total. The lowest BCUT2D eigenvalue weighted by Gasteiger charge is -2.34. The van der Waals surface area contributed by atoms with Crippen LogP contribution in [-0.4, -0.2) is 36.3 Å². The maximum atomic E-state index is 13.5. The van der Waals surface area contributed by atoms with Gasteiger partial charge < -0.3 is 15.1 Å². The number of amides is 2. The van der Waals surface area contributed by atoms with Gasteiger partial charge in [0.2, 0.25) is 5.91 Å². The van der Waals surface area contributed by atoms with Crippen LogP contribution in [0, 0.1) is 5.92 Å². The van der Waals surface area contributed by atoms with Crippen molar-refractivity contribution < 1.29 is 9.59 Å². The first-order valence-electron chi connectivity index (χ1n) is 11.6. The monoisotopic (exact) mass is 419 g/mol. The van der Waals surface area contributed by atoms with Crippen LogP contribution in [0.3, 0.4) is 0 Å². The van der Waals surface area contributed by atoms with Gasteiger partial charge in [-0.2, -0.15) is 0 Å². The summed E-state index contributed by atoms with van der Waals surface area (Å²) in [5.74, 6) is 0.363. The molecule has 4 rings (SSSR count). The molecule has 5 nitrogen and oxygen atoms in total. The summed E-state index contributed by atoms with van der Waals surface area (Å²) in [5.41, 5.74) is 5.07. The quantitative estimate of drug-likeness (QED) is 0.753. The number of hydrogen-bond acceptors (Lipinski definition) is 3. The smallest absolute Gasteiger partial charge is 0.256 e. The Labute approximate surface area is 185 Å². The number of piperidine rings is 1. The minimum atomic E-state index is -0.00831. The van der Waals surface area contributed by atoms with E-state index in [1.165, 1.54) is 17.5 Å². The van der Waals surface area contributed by atoms with Crippen LogP contribution in [-0.2, 0) is 17.8 Å². The molecule has 0 unspecified atom stereocenters. The standard InChI is InChI=1S/C26H33N3O2/c1-19(2)16-25(30)27-22-10-11-24(23(17-22)26(31)28-13-6-3-7-14-28)29-15-12-20-8-4-5-9-21(20)18-29/h4-5,8-11,17,19H,3,6-7,12-16,18H2,1-2H3,(H,27,30). The molecule has 0 aliphatic carbocycles. The molecule has 0 spiro atoms. The zero-order valence-electron chi connectivity index (χ0n) is 18.7. The Morgan fingerprint density at radius 1 is 0.968 bits per heavy atom. The first-order chi connectivity index (χ1) is 15.0. The Bertz CT molecular complexity index is 947. The predicted molar refractivity (Wildman–Crippen MR) is 125 cm³/mol. The van der Waals surface area contributed by atoms with Gasteiger partial charge in [0.15, 0.2) is 0 Å². The highest BCUT2D eigenvalue weighted by Gasteiger charge is 2.25. The van der Waals surface area contributed by atoms with Gasteiger partial charge >= 0.3 is 0 Å². The third-order valence-corrected chi connectivity index (χ3v) is 6.22. The lowest BCUT2D eigenvalue weighted by atomic mass is 9.98. The molecule has 31 heavy (non-hydrogen) atoms. The Kier molecular flexibility index (Phi) is 6.59. The molecule has 2 aromatic carbocycles. The number of carbonyl (C=O) groups excluding carboxylic acids is 2. The van der Waals surface area contributed by atoms with Crippen LogP contribution >= 0.6 is 0 Å². The lowest BCUT2D eigenvalue weighted by Crippen LogP contribution is -2.38. The number of carbonyl (C=O) groups is 2. The van der Waals surface area contributed by atoms with Gasteiger partial charge in [-0.05, 0) is 60.9 Å². The Morgan fingerprint density at radius 2 is 1.71 bits per heavy atom. The Hall–Kier alpha value is -2.82. The fraction of sp³-hybridized carbons (Fsp3) is 0.462. The number of nitrogens with one attached hydrogen (secondary N) is 1. The van der Waals surface area contributed by atoms with Crippen molar-refractivity contribution in [1.82, 2.24) is 4.90 Å². The zero-order chi connectivity index (χ0) is 21.8. The van der Waals surface area contributed by atoms with E-state index in [1.54, 1.807) is 0 Å². The minimum Gasteiger partial charge on any atom is -0.366 e. The number of fused-ring (bicyclic) bond motifs is 1. The van der Waals surface area contributed by atoms with Crippen LogP contribution in [0.15, 0.2) is 42.5 Å². The molecule has 0 bridgehead atoms. The van der Waals surface area contributed by atoms with Gasteiger partial charge in [0.25, 0.3) is 5.91 Å². The molecule has 2 aliphatic rings. The zero-order valence-corrected chi connectivity index (χ0v) is 18.7. The van der Waals surface area contributed by atoms with E-state index in [-0.39, 0.29) is 11.8 Å². The van der Waals surface area contributed by atoms with Crippen LogP contribution in [0.5, 0.6) is 0 Å². The SMILES string of the molecule is CC(C)CC(=O)Nc1ccc(N2CCc3ccccc3C2)c(C(=O)N2CCCCC2)c1. The van der Waals surface area contributed by atoms with Gasteiger partial charge in [-0.25, -0.2) is 0 Å². The van der Waals surface area contributed by atoms with Crippen molar-refractivity contribution in [2.45, 2.75) is 52.5 Å². The molecule has 2 aliphatic heterocycles. The maximum Gasteiger partial charge on any atom is 0.256 e. The molecule has 2 aromatic rings. The molecule has 0 radical (unpaired) electrons. The highest BCUT2D eigenvalue weighted by atomic mass is 16.2. The molecule has 0 saturated carbocycles. The largest absolute Gasteiger partial charge is 0.366 e. The number of rotatable bonds is 5. The maximum absolute atomic E-state index is 13.5. The first-order valence-corrected chi connectivity index (χ1v) is 11.6.